The van der Waals surface area contributed by atoms with Gasteiger partial charge in [-0.1, -0.05) is 41.7 Å². The van der Waals surface area contributed by atoms with Crippen molar-refractivity contribution in [2.75, 3.05) is 19.1 Å². The van der Waals surface area contributed by atoms with Crippen LogP contribution in [0.1, 0.15) is 48.3 Å². The molecule has 0 N–H and O–H groups in total. The van der Waals surface area contributed by atoms with Gasteiger partial charge in [-0.3, -0.25) is 14.2 Å². The van der Waals surface area contributed by atoms with Crippen molar-refractivity contribution in [2.45, 2.75) is 32.9 Å². The van der Waals surface area contributed by atoms with E-state index in [1.165, 1.54) is 16.6 Å². The second kappa shape index (κ2) is 9.53. The minimum Gasteiger partial charge on any atom is -0.465 e. The number of anilines is 1. The van der Waals surface area contributed by atoms with Crippen molar-refractivity contribution in [3.63, 3.8) is 0 Å². The van der Waals surface area contributed by atoms with Crippen LogP contribution in [0.15, 0.2) is 69.6 Å². The molecule has 1 atom stereocenters. The van der Waals surface area contributed by atoms with E-state index in [0.717, 1.165) is 11.3 Å². The first-order chi connectivity index (χ1) is 18.1. The number of likely N-dealkylation sites (N-methyl/N-ethyl adjacent to an activating group) is 1. The van der Waals surface area contributed by atoms with Gasteiger partial charge in [0.1, 0.15) is 4.53 Å². The van der Waals surface area contributed by atoms with E-state index in [2.05, 4.69) is 4.99 Å². The predicted octanol–water partition coefficient (Wildman–Crippen LogP) is 2.32. The minimum atomic E-state index is -0.872. The van der Waals surface area contributed by atoms with Crippen LogP contribution in [0, 0.1) is 0 Å². The maximum atomic E-state index is 14.0. The van der Waals surface area contributed by atoms with E-state index in [0.29, 0.717) is 38.4 Å². The molecule has 0 spiro atoms. The summed E-state index contributed by atoms with van der Waals surface area (Å²) in [4.78, 5) is 59.0. The Hall–Kier alpha value is -4.31. The molecule has 3 heterocycles. The number of benzene rings is 2. The molecule has 0 fully saturated rings. The molecule has 1 unspecified atom stereocenters. The zero-order valence-electron chi connectivity index (χ0n) is 21.5. The van der Waals surface area contributed by atoms with Crippen LogP contribution in [0.4, 0.5) is 5.69 Å². The summed E-state index contributed by atoms with van der Waals surface area (Å²) >= 11 is 1.11. The van der Waals surface area contributed by atoms with Crippen molar-refractivity contribution in [1.29, 1.82) is 0 Å². The Morgan fingerprint density at radius 3 is 2.37 bits per heavy atom. The normalized spacial score (nSPS) is 17.8. The molecule has 2 aliphatic rings. The zero-order valence-corrected chi connectivity index (χ0v) is 22.3. The lowest BCUT2D eigenvalue weighted by Crippen LogP contribution is -2.41. The van der Waals surface area contributed by atoms with Gasteiger partial charge in [0, 0.05) is 12.6 Å². The average molecular weight is 532 g/mol. The van der Waals surface area contributed by atoms with Crippen LogP contribution in [-0.4, -0.2) is 42.7 Å². The lowest BCUT2D eigenvalue weighted by molar-refractivity contribution is -0.143. The Morgan fingerprint density at radius 1 is 1.03 bits per heavy atom. The van der Waals surface area contributed by atoms with Gasteiger partial charge in [0.05, 0.1) is 47.3 Å². The number of rotatable bonds is 4. The highest BCUT2D eigenvalue weighted by molar-refractivity contribution is 7.07. The van der Waals surface area contributed by atoms with Gasteiger partial charge in [0.25, 0.3) is 11.5 Å². The Morgan fingerprint density at radius 2 is 1.71 bits per heavy atom. The molecule has 0 saturated carbocycles. The van der Waals surface area contributed by atoms with Crippen LogP contribution in [-0.2, 0) is 19.1 Å². The third-order valence-electron chi connectivity index (χ3n) is 6.49. The first-order valence-corrected chi connectivity index (χ1v) is 12.8. The first-order valence-electron chi connectivity index (χ1n) is 12.0. The van der Waals surface area contributed by atoms with Crippen LogP contribution in [0.25, 0.3) is 5.57 Å². The number of ether oxygens (including phenoxy) is 2. The molecule has 9 nitrogen and oxygen atoms in total. The second-order valence-electron chi connectivity index (χ2n) is 9.23. The Bertz CT molecular complexity index is 1710. The van der Waals surface area contributed by atoms with Gasteiger partial charge in [-0.25, -0.2) is 14.6 Å². The maximum absolute atomic E-state index is 14.0. The molecule has 1 aromatic heterocycles. The van der Waals surface area contributed by atoms with Gasteiger partial charge in [0.15, 0.2) is 4.80 Å². The van der Waals surface area contributed by atoms with Crippen LogP contribution in [0.3, 0.4) is 0 Å². The summed E-state index contributed by atoms with van der Waals surface area (Å²) in [6, 6.07) is 12.9. The number of carbonyl (C=O) groups excluding carboxylic acids is 3. The number of nitrogens with zero attached hydrogens (tertiary/aromatic N) is 3. The van der Waals surface area contributed by atoms with Gasteiger partial charge in [-0.15, -0.1) is 0 Å². The molecule has 0 radical (unpaired) electrons. The van der Waals surface area contributed by atoms with Crippen molar-refractivity contribution < 1.29 is 23.9 Å². The van der Waals surface area contributed by atoms with Gasteiger partial charge < -0.3 is 14.4 Å². The molecule has 2 aromatic carbocycles. The van der Waals surface area contributed by atoms with Crippen molar-refractivity contribution in [3.05, 3.63) is 96.2 Å². The van der Waals surface area contributed by atoms with E-state index in [9.17, 15) is 19.2 Å². The fourth-order valence-corrected chi connectivity index (χ4v) is 5.87. The van der Waals surface area contributed by atoms with Crippen molar-refractivity contribution in [1.82, 2.24) is 4.57 Å². The summed E-state index contributed by atoms with van der Waals surface area (Å²) < 4.78 is 12.0. The van der Waals surface area contributed by atoms with Crippen molar-refractivity contribution in [3.8, 4) is 0 Å². The monoisotopic (exact) mass is 531 g/mol. The highest BCUT2D eigenvalue weighted by atomic mass is 32.1. The molecule has 10 heteroatoms. The van der Waals surface area contributed by atoms with Gasteiger partial charge in [-0.05, 0) is 44.5 Å². The molecular formula is C28H25N3O6S. The highest BCUT2D eigenvalue weighted by Gasteiger charge is 2.36. The number of hydrogen-bond acceptors (Lipinski definition) is 8. The number of allylic oxidation sites excluding steroid dienone is 1. The summed E-state index contributed by atoms with van der Waals surface area (Å²) in [5, 5.41) is 0. The number of aromatic nitrogens is 1. The van der Waals surface area contributed by atoms with Crippen molar-refractivity contribution in [2.24, 2.45) is 4.99 Å². The number of fused-ring (bicyclic) bond motifs is 2. The Balaban J connectivity index is 1.78. The Labute approximate surface area is 221 Å². The standard InChI is InChI=1S/C28H25N3O6S/c1-14(2)37-27(35)20-15(3)29-28-31(22(20)16-10-12-17(13-11-16)26(34)36-5)25(33)23(38-28)21-18-8-6-7-9-19(18)30(4)24(21)32/h6-14,22H,1-5H3. The summed E-state index contributed by atoms with van der Waals surface area (Å²) in [5.74, 6) is -1.38. The third-order valence-corrected chi connectivity index (χ3v) is 7.54. The summed E-state index contributed by atoms with van der Waals surface area (Å²) in [7, 11) is 2.96. The summed E-state index contributed by atoms with van der Waals surface area (Å²) in [6.45, 7) is 5.17. The molecule has 2 aliphatic heterocycles. The molecule has 3 aromatic rings. The maximum Gasteiger partial charge on any atom is 0.338 e. The van der Waals surface area contributed by atoms with E-state index in [1.807, 2.05) is 24.3 Å². The van der Waals surface area contributed by atoms with E-state index in [1.54, 1.807) is 52.1 Å². The second-order valence-corrected chi connectivity index (χ2v) is 10.2. The molecule has 5 rings (SSSR count). The minimum absolute atomic E-state index is 0.212. The van der Waals surface area contributed by atoms with E-state index in [-0.39, 0.29) is 22.1 Å². The van der Waals surface area contributed by atoms with Gasteiger partial charge in [-0.2, -0.15) is 0 Å². The number of carbonyl (C=O) groups is 3. The fourth-order valence-electron chi connectivity index (χ4n) is 4.73. The molecule has 1 amide bonds. The van der Waals surface area contributed by atoms with Gasteiger partial charge >= 0.3 is 11.9 Å². The average Bonchev–Trinajstić information content (AvgIpc) is 3.34. The Kier molecular flexibility index (Phi) is 6.36. The molecule has 0 aliphatic carbocycles. The van der Waals surface area contributed by atoms with Crippen LogP contribution < -0.4 is 19.8 Å². The number of methoxy groups -OCH3 is 1. The smallest absolute Gasteiger partial charge is 0.338 e. The first kappa shape index (κ1) is 25.3. The molecule has 38 heavy (non-hydrogen) atoms. The highest BCUT2D eigenvalue weighted by Crippen LogP contribution is 2.34. The third kappa shape index (κ3) is 3.97. The van der Waals surface area contributed by atoms with E-state index >= 15 is 0 Å². The van der Waals surface area contributed by atoms with Crippen molar-refractivity contribution >= 4 is 40.4 Å². The lowest BCUT2D eigenvalue weighted by atomic mass is 9.95. The van der Waals surface area contributed by atoms with E-state index < -0.39 is 23.5 Å². The predicted molar refractivity (Wildman–Crippen MR) is 142 cm³/mol. The molecule has 0 saturated heterocycles. The van der Waals surface area contributed by atoms with E-state index in [4.69, 9.17) is 9.47 Å². The van der Waals surface area contributed by atoms with Crippen LogP contribution in [0.2, 0.25) is 0 Å². The van der Waals surface area contributed by atoms with Crippen LogP contribution in [0.5, 0.6) is 0 Å². The number of para-hydroxylation sites is 1. The molecular weight excluding hydrogens is 506 g/mol. The van der Waals surface area contributed by atoms with Gasteiger partial charge in [0.2, 0.25) is 0 Å². The summed E-state index contributed by atoms with van der Waals surface area (Å²) in [5.41, 5.74) is 2.77. The largest absolute Gasteiger partial charge is 0.465 e. The SMILES string of the molecule is COC(=O)c1ccc(C2C(C(=O)OC(C)C)=C(C)N=c3sc(=C4C(=O)N(C)c5ccccc54)c(=O)n32)cc1. The zero-order chi connectivity index (χ0) is 27.3. The lowest BCUT2D eigenvalue weighted by Gasteiger charge is -2.25. The number of hydrogen-bond donors (Lipinski definition) is 0. The quantitative estimate of drug-likeness (QED) is 0.479. The summed E-state index contributed by atoms with van der Waals surface area (Å²) in [6.07, 6.45) is -0.389. The molecule has 0 bridgehead atoms. The van der Waals surface area contributed by atoms with Crippen LogP contribution >= 0.6 is 11.3 Å². The molecule has 194 valence electrons. The topological polar surface area (TPSA) is 107 Å². The fraction of sp³-hybridized carbons (Fsp3) is 0.250. The number of amides is 1. The number of esters is 2. The number of thiazole rings is 1.